The number of hydrogen-bond acceptors (Lipinski definition) is 7. The van der Waals surface area contributed by atoms with Crippen molar-refractivity contribution in [3.05, 3.63) is 58.1 Å². The zero-order valence-corrected chi connectivity index (χ0v) is 22.6. The van der Waals surface area contributed by atoms with Crippen molar-refractivity contribution in [2.75, 3.05) is 54.4 Å². The van der Waals surface area contributed by atoms with E-state index in [4.69, 9.17) is 12.2 Å². The molecule has 0 radical (unpaired) electrons. The molecule has 40 heavy (non-hydrogen) atoms. The van der Waals surface area contributed by atoms with Crippen LogP contribution in [0.25, 0.3) is 0 Å². The molecule has 2 fully saturated rings. The van der Waals surface area contributed by atoms with Crippen molar-refractivity contribution in [1.29, 1.82) is 0 Å². The predicted molar refractivity (Wildman–Crippen MR) is 149 cm³/mol. The Morgan fingerprint density at radius 3 is 2.17 bits per heavy atom. The van der Waals surface area contributed by atoms with Gasteiger partial charge in [0, 0.05) is 62.8 Å². The largest absolute Gasteiger partial charge is 0.471 e. The number of amides is 2. The zero-order valence-electron chi connectivity index (χ0n) is 21.7. The summed E-state index contributed by atoms with van der Waals surface area (Å²) in [6, 6.07) is 11.1. The Kier molecular flexibility index (Phi) is 8.76. The molecule has 0 atom stereocenters. The molecule has 0 saturated carbocycles. The lowest BCUT2D eigenvalue weighted by Crippen LogP contribution is -2.52. The predicted octanol–water partition coefficient (Wildman–Crippen LogP) is 4.17. The number of hydrogen-bond donors (Lipinski definition) is 2. The minimum absolute atomic E-state index is 0.00162. The van der Waals surface area contributed by atoms with E-state index >= 15 is 0 Å². The molecule has 4 rings (SSSR count). The second-order valence-corrected chi connectivity index (χ2v) is 10.3. The number of anilines is 3. The number of piperidine rings is 1. The molecule has 0 spiro atoms. The van der Waals surface area contributed by atoms with Gasteiger partial charge in [-0.3, -0.25) is 25.0 Å². The molecule has 0 bridgehead atoms. The van der Waals surface area contributed by atoms with Gasteiger partial charge < -0.3 is 20.0 Å². The van der Waals surface area contributed by atoms with Crippen molar-refractivity contribution in [2.45, 2.75) is 25.9 Å². The summed E-state index contributed by atoms with van der Waals surface area (Å²) in [5.41, 5.74) is 1.89. The number of carbonyl (C=O) groups is 2. The number of alkyl halides is 3. The summed E-state index contributed by atoms with van der Waals surface area (Å²) >= 11 is 5.31. The van der Waals surface area contributed by atoms with Crippen molar-refractivity contribution in [1.82, 2.24) is 10.2 Å². The van der Waals surface area contributed by atoms with E-state index in [1.807, 2.05) is 9.80 Å². The topological polar surface area (TPSA) is 111 Å². The van der Waals surface area contributed by atoms with E-state index in [0.717, 1.165) is 36.5 Å². The quantitative estimate of drug-likeness (QED) is 0.309. The third-order valence-electron chi connectivity index (χ3n) is 7.09. The monoisotopic (exact) mass is 578 g/mol. The fourth-order valence-corrected chi connectivity index (χ4v) is 4.99. The number of nitrogens with zero attached hydrogens (tertiary/aromatic N) is 4. The minimum Gasteiger partial charge on any atom is -0.371 e. The van der Waals surface area contributed by atoms with Gasteiger partial charge in [-0.05, 0) is 61.3 Å². The summed E-state index contributed by atoms with van der Waals surface area (Å²) in [4.78, 5) is 40.1. The molecule has 14 heteroatoms. The van der Waals surface area contributed by atoms with Gasteiger partial charge in [0.25, 0.3) is 11.6 Å². The lowest BCUT2D eigenvalue weighted by Gasteiger charge is -2.36. The van der Waals surface area contributed by atoms with Crippen LogP contribution in [0.1, 0.15) is 30.1 Å². The van der Waals surface area contributed by atoms with Gasteiger partial charge in [0.15, 0.2) is 5.11 Å². The lowest BCUT2D eigenvalue weighted by atomic mass is 9.98. The van der Waals surface area contributed by atoms with Gasteiger partial charge in [0.2, 0.25) is 0 Å². The van der Waals surface area contributed by atoms with Crippen LogP contribution >= 0.6 is 12.2 Å². The molecule has 2 aliphatic heterocycles. The van der Waals surface area contributed by atoms with Crippen molar-refractivity contribution in [3.63, 3.8) is 0 Å². The van der Waals surface area contributed by atoms with E-state index in [1.165, 1.54) is 12.1 Å². The van der Waals surface area contributed by atoms with Crippen molar-refractivity contribution in [3.8, 4) is 0 Å². The van der Waals surface area contributed by atoms with Gasteiger partial charge in [-0.2, -0.15) is 13.2 Å². The van der Waals surface area contributed by atoms with Gasteiger partial charge >= 0.3 is 12.1 Å². The molecular weight excluding hydrogens is 549 g/mol. The van der Waals surface area contributed by atoms with E-state index in [-0.39, 0.29) is 42.5 Å². The first kappa shape index (κ1) is 29.1. The SMILES string of the molecule is CC1CCN(c2ccc([N+](=O)[O-])cc2C(=O)NC(=S)Nc2ccc(N3CCN(C(=O)C(F)(F)F)CC3)cc2)CC1. The number of piperazine rings is 1. The first-order valence-electron chi connectivity index (χ1n) is 12.8. The van der Waals surface area contributed by atoms with Crippen LogP contribution in [0.3, 0.4) is 0 Å². The van der Waals surface area contributed by atoms with Crippen LogP contribution in [0.5, 0.6) is 0 Å². The summed E-state index contributed by atoms with van der Waals surface area (Å²) in [6.45, 7) is 4.08. The molecule has 10 nitrogen and oxygen atoms in total. The average Bonchev–Trinajstić information content (AvgIpc) is 2.92. The molecule has 2 aliphatic rings. The van der Waals surface area contributed by atoms with E-state index < -0.39 is 22.9 Å². The average molecular weight is 579 g/mol. The number of nitro benzene ring substituents is 1. The first-order valence-corrected chi connectivity index (χ1v) is 13.2. The summed E-state index contributed by atoms with van der Waals surface area (Å²) in [5, 5.41) is 16.9. The number of non-ortho nitro benzene ring substituents is 1. The molecule has 2 heterocycles. The van der Waals surface area contributed by atoms with E-state index in [0.29, 0.717) is 17.3 Å². The van der Waals surface area contributed by atoms with Crippen LogP contribution in [-0.4, -0.2) is 72.2 Å². The number of rotatable bonds is 5. The number of nitrogens with one attached hydrogen (secondary N) is 2. The standard InChI is InChI=1S/C26H29F3N6O4S/c1-17-8-10-33(11-9-17)22-7-6-20(35(38)39)16-21(22)23(36)31-25(40)30-18-2-4-19(5-3-18)32-12-14-34(15-13-32)24(37)26(27,28)29/h2-7,16-17H,8-15H2,1H3,(H2,30,31,36,40). The highest BCUT2D eigenvalue weighted by Gasteiger charge is 2.43. The maximum absolute atomic E-state index is 13.2. The molecule has 2 amide bonds. The molecule has 2 N–H and O–H groups in total. The summed E-state index contributed by atoms with van der Waals surface area (Å²) in [6.07, 6.45) is -2.98. The Labute approximate surface area is 234 Å². The van der Waals surface area contributed by atoms with Crippen LogP contribution in [0.2, 0.25) is 0 Å². The summed E-state index contributed by atoms with van der Waals surface area (Å²) in [5.74, 6) is -1.83. The van der Waals surface area contributed by atoms with Crippen LogP contribution in [-0.2, 0) is 4.79 Å². The molecule has 2 aromatic rings. The van der Waals surface area contributed by atoms with E-state index in [9.17, 15) is 32.9 Å². The second kappa shape index (κ2) is 12.1. The van der Waals surface area contributed by atoms with Crippen LogP contribution in [0, 0.1) is 16.0 Å². The van der Waals surface area contributed by atoms with Crippen LogP contribution < -0.4 is 20.4 Å². The van der Waals surface area contributed by atoms with Gasteiger partial charge in [-0.1, -0.05) is 6.92 Å². The zero-order chi connectivity index (χ0) is 29.0. The maximum Gasteiger partial charge on any atom is 0.471 e. The van der Waals surface area contributed by atoms with Gasteiger partial charge in [0.1, 0.15) is 0 Å². The molecule has 2 saturated heterocycles. The highest BCUT2D eigenvalue weighted by Crippen LogP contribution is 2.29. The van der Waals surface area contributed by atoms with Crippen molar-refractivity contribution >= 4 is 51.9 Å². The highest BCUT2D eigenvalue weighted by atomic mass is 32.1. The minimum atomic E-state index is -4.88. The molecule has 0 unspecified atom stereocenters. The lowest BCUT2D eigenvalue weighted by molar-refractivity contribution is -0.384. The Morgan fingerprint density at radius 1 is 0.975 bits per heavy atom. The van der Waals surface area contributed by atoms with Crippen LogP contribution in [0.15, 0.2) is 42.5 Å². The van der Waals surface area contributed by atoms with Crippen molar-refractivity contribution < 1.29 is 27.7 Å². The molecule has 2 aromatic carbocycles. The highest BCUT2D eigenvalue weighted by molar-refractivity contribution is 7.80. The first-order chi connectivity index (χ1) is 18.9. The maximum atomic E-state index is 13.2. The Hall–Kier alpha value is -3.94. The number of thiocarbonyl (C=S) groups is 1. The number of nitro groups is 1. The summed E-state index contributed by atoms with van der Waals surface area (Å²) < 4.78 is 38.0. The summed E-state index contributed by atoms with van der Waals surface area (Å²) in [7, 11) is 0. The van der Waals surface area contributed by atoms with Gasteiger partial charge in [-0.25, -0.2) is 0 Å². The van der Waals surface area contributed by atoms with Gasteiger partial charge in [0.05, 0.1) is 16.2 Å². The normalized spacial score (nSPS) is 16.4. The number of benzene rings is 2. The Morgan fingerprint density at radius 2 is 1.60 bits per heavy atom. The molecule has 0 aliphatic carbocycles. The van der Waals surface area contributed by atoms with Crippen LogP contribution in [0.4, 0.5) is 35.9 Å². The van der Waals surface area contributed by atoms with E-state index in [1.54, 1.807) is 30.3 Å². The van der Waals surface area contributed by atoms with Crippen molar-refractivity contribution in [2.24, 2.45) is 5.92 Å². The molecular formula is C26H29F3N6O4S. The number of carbonyl (C=O) groups excluding carboxylic acids is 2. The third kappa shape index (κ3) is 6.97. The fourth-order valence-electron chi connectivity index (χ4n) is 4.78. The van der Waals surface area contributed by atoms with Gasteiger partial charge in [-0.15, -0.1) is 0 Å². The second-order valence-electron chi connectivity index (χ2n) is 9.86. The fraction of sp³-hybridized carbons (Fsp3) is 0.423. The Bertz CT molecular complexity index is 1270. The number of halogens is 3. The third-order valence-corrected chi connectivity index (χ3v) is 7.29. The smallest absolute Gasteiger partial charge is 0.371 e. The molecule has 214 valence electrons. The Balaban J connectivity index is 1.37. The molecule has 0 aromatic heterocycles. The van der Waals surface area contributed by atoms with E-state index in [2.05, 4.69) is 17.6 Å².